The van der Waals surface area contributed by atoms with Crippen LogP contribution in [0, 0.1) is 6.92 Å². The molecule has 0 saturated carbocycles. The van der Waals surface area contributed by atoms with E-state index in [2.05, 4.69) is 19.7 Å². The fourth-order valence-electron chi connectivity index (χ4n) is 0.800. The van der Waals surface area contributed by atoms with Crippen molar-refractivity contribution in [3.63, 3.8) is 0 Å². The molecule has 0 aliphatic heterocycles. The van der Waals surface area contributed by atoms with Crippen molar-refractivity contribution < 1.29 is 29.3 Å². The topological polar surface area (TPSA) is 101 Å². The largest absolute Gasteiger partial charge is 0.478 e. The Balaban J connectivity index is 0. The molecule has 0 radical (unpaired) electrons. The van der Waals surface area contributed by atoms with Crippen LogP contribution < -0.4 is 4.74 Å². The molecule has 0 aliphatic rings. The highest BCUT2D eigenvalue weighted by Gasteiger charge is 2.03. The van der Waals surface area contributed by atoms with E-state index >= 15 is 0 Å². The summed E-state index contributed by atoms with van der Waals surface area (Å²) < 4.78 is 4.99. The van der Waals surface area contributed by atoms with Crippen molar-refractivity contribution in [1.29, 1.82) is 0 Å². The lowest BCUT2D eigenvalue weighted by Gasteiger charge is -2.02. The van der Waals surface area contributed by atoms with E-state index in [4.69, 9.17) is 14.9 Å². The van der Waals surface area contributed by atoms with E-state index in [0.717, 1.165) is 5.56 Å². The summed E-state index contributed by atoms with van der Waals surface area (Å²) in [5, 5.41) is 15.8. The van der Waals surface area contributed by atoms with Crippen LogP contribution in [0.25, 0.3) is 0 Å². The van der Waals surface area contributed by atoms with E-state index in [1.54, 1.807) is 19.1 Å². The molecule has 0 atom stereocenters. The molecule has 2 N–H and O–H groups in total. The highest BCUT2D eigenvalue weighted by Crippen LogP contribution is 2.12. The van der Waals surface area contributed by atoms with E-state index in [1.807, 2.05) is 19.1 Å². The van der Waals surface area contributed by atoms with Crippen molar-refractivity contribution >= 4 is 17.9 Å². The van der Waals surface area contributed by atoms with Crippen LogP contribution in [-0.2, 0) is 14.4 Å². The van der Waals surface area contributed by atoms with Crippen molar-refractivity contribution in [2.45, 2.75) is 27.7 Å². The van der Waals surface area contributed by atoms with Gasteiger partial charge in [0.1, 0.15) is 5.75 Å². The van der Waals surface area contributed by atoms with Crippen molar-refractivity contribution in [1.82, 2.24) is 0 Å². The number of esters is 1. The summed E-state index contributed by atoms with van der Waals surface area (Å²) in [4.78, 5) is 30.3. The highest BCUT2D eigenvalue weighted by molar-refractivity contribution is 5.88. The van der Waals surface area contributed by atoms with Gasteiger partial charge in [-0.25, -0.2) is 14.4 Å². The first kappa shape index (κ1) is 24.1. The fraction of sp³-hybridized carbons (Fsp3) is 0.211. The van der Waals surface area contributed by atoms with Crippen molar-refractivity contribution in [3.8, 4) is 5.75 Å². The second-order valence-corrected chi connectivity index (χ2v) is 5.15. The van der Waals surface area contributed by atoms with Gasteiger partial charge in [-0.3, -0.25) is 0 Å². The Bertz CT molecular complexity index is 605. The number of carboxylic acids is 2. The average Bonchev–Trinajstić information content (AvgIpc) is 2.50. The van der Waals surface area contributed by atoms with E-state index < -0.39 is 11.9 Å². The lowest BCUT2D eigenvalue weighted by Crippen LogP contribution is -2.07. The number of benzene rings is 1. The third-order valence-electron chi connectivity index (χ3n) is 2.31. The van der Waals surface area contributed by atoms with Crippen LogP contribution in [-0.4, -0.2) is 28.1 Å². The summed E-state index contributed by atoms with van der Waals surface area (Å²) in [5.74, 6) is -1.70. The predicted octanol–water partition coefficient (Wildman–Crippen LogP) is 3.77. The summed E-state index contributed by atoms with van der Waals surface area (Å²) in [6, 6.07) is 7.30. The normalized spacial score (nSPS) is 8.48. The first-order valence-electron chi connectivity index (χ1n) is 7.10. The number of aliphatic carboxylic acids is 2. The molecule has 0 spiro atoms. The maximum atomic E-state index is 11.1. The predicted molar refractivity (Wildman–Crippen MR) is 96.5 cm³/mol. The van der Waals surface area contributed by atoms with E-state index in [0.29, 0.717) is 11.3 Å². The first-order valence-corrected chi connectivity index (χ1v) is 7.10. The number of carboxylic acid groups (broad SMARTS) is 2. The van der Waals surface area contributed by atoms with Gasteiger partial charge in [-0.15, -0.1) is 0 Å². The molecule has 6 nitrogen and oxygen atoms in total. The van der Waals surface area contributed by atoms with Gasteiger partial charge in [0.05, 0.1) is 0 Å². The molecule has 1 aromatic rings. The smallest absolute Gasteiger partial charge is 0.338 e. The molecule has 0 heterocycles. The fourth-order valence-corrected chi connectivity index (χ4v) is 0.800. The van der Waals surface area contributed by atoms with E-state index in [-0.39, 0.29) is 17.1 Å². The number of hydrogen-bond acceptors (Lipinski definition) is 4. The van der Waals surface area contributed by atoms with Crippen molar-refractivity contribution in [2.24, 2.45) is 0 Å². The number of carbonyl (C=O) groups is 3. The third kappa shape index (κ3) is 14.2. The number of rotatable bonds is 4. The molecule has 136 valence electrons. The number of ether oxygens (including phenoxy) is 1. The molecule has 0 saturated heterocycles. The molecule has 0 aliphatic carbocycles. The van der Waals surface area contributed by atoms with Crippen LogP contribution in [0.1, 0.15) is 26.3 Å². The van der Waals surface area contributed by atoms with Crippen LogP contribution in [0.3, 0.4) is 0 Å². The van der Waals surface area contributed by atoms with Crippen LogP contribution in [0.2, 0.25) is 0 Å². The Morgan fingerprint density at radius 2 is 1.12 bits per heavy atom. The molecule has 0 bridgehead atoms. The van der Waals surface area contributed by atoms with Crippen molar-refractivity contribution in [2.75, 3.05) is 0 Å². The minimum absolute atomic E-state index is 0.176. The van der Waals surface area contributed by atoms with Gasteiger partial charge < -0.3 is 14.9 Å². The minimum atomic E-state index is -0.935. The third-order valence-corrected chi connectivity index (χ3v) is 2.31. The van der Waals surface area contributed by atoms with Crippen LogP contribution in [0.15, 0.2) is 60.7 Å². The summed E-state index contributed by atoms with van der Waals surface area (Å²) >= 11 is 0. The van der Waals surface area contributed by atoms with Crippen LogP contribution in [0.4, 0.5) is 0 Å². The number of aryl methyl sites for hydroxylation is 1. The SMILES string of the molecule is C=C(C)C(=O)O.C=C(C)C(=O)O.C=C(C)C(=O)Oc1ccc(C)cc1. The maximum Gasteiger partial charge on any atom is 0.338 e. The highest BCUT2D eigenvalue weighted by atomic mass is 16.5. The number of carbonyl (C=O) groups excluding carboxylic acids is 1. The minimum Gasteiger partial charge on any atom is -0.478 e. The standard InChI is InChI=1S/C11H12O2.2C4H6O2/c1-8(2)11(12)13-10-6-4-9(3)5-7-10;2*1-3(2)4(5)6/h4-7H,1H2,2-3H3;2*1H2,2H3,(H,5,6). The van der Waals surface area contributed by atoms with Gasteiger partial charge in [0.2, 0.25) is 0 Å². The molecular formula is C19H24O6. The van der Waals surface area contributed by atoms with Crippen molar-refractivity contribution in [3.05, 3.63) is 66.3 Å². The van der Waals surface area contributed by atoms with E-state index in [9.17, 15) is 14.4 Å². The molecule has 1 aromatic carbocycles. The lowest BCUT2D eigenvalue weighted by molar-refractivity contribution is -0.133. The van der Waals surface area contributed by atoms with Crippen LogP contribution >= 0.6 is 0 Å². The molecule has 0 aromatic heterocycles. The summed E-state index contributed by atoms with van der Waals surface area (Å²) in [6.07, 6.45) is 0. The van der Waals surface area contributed by atoms with Gasteiger partial charge >= 0.3 is 17.9 Å². The summed E-state index contributed by atoms with van der Waals surface area (Å²) in [6.45, 7) is 16.3. The quantitative estimate of drug-likeness (QED) is 0.488. The van der Waals surface area contributed by atoms with Gasteiger partial charge in [0.15, 0.2) is 0 Å². The van der Waals surface area contributed by atoms with Gasteiger partial charge in [-0.05, 0) is 39.8 Å². The van der Waals surface area contributed by atoms with Gasteiger partial charge in [0, 0.05) is 16.7 Å². The van der Waals surface area contributed by atoms with Gasteiger partial charge in [-0.1, -0.05) is 37.4 Å². The van der Waals surface area contributed by atoms with E-state index in [1.165, 1.54) is 13.8 Å². The Morgan fingerprint density at radius 1 is 0.800 bits per heavy atom. The average molecular weight is 348 g/mol. The number of hydrogen-bond donors (Lipinski definition) is 2. The maximum absolute atomic E-state index is 11.1. The second-order valence-electron chi connectivity index (χ2n) is 5.15. The molecule has 0 unspecified atom stereocenters. The van der Waals surface area contributed by atoms with Gasteiger partial charge in [-0.2, -0.15) is 0 Å². The Labute approximate surface area is 147 Å². The molecule has 6 heteroatoms. The molecule has 1 rings (SSSR count). The molecule has 0 fully saturated rings. The Kier molecular flexibility index (Phi) is 11.9. The molecular weight excluding hydrogens is 324 g/mol. The Hall–Kier alpha value is -3.15. The monoisotopic (exact) mass is 348 g/mol. The van der Waals surface area contributed by atoms with Gasteiger partial charge in [0.25, 0.3) is 0 Å². The summed E-state index contributed by atoms with van der Waals surface area (Å²) in [5.41, 5.74) is 1.89. The zero-order chi connectivity index (χ0) is 20.2. The zero-order valence-electron chi connectivity index (χ0n) is 15.0. The second kappa shape index (κ2) is 12.3. The molecule has 25 heavy (non-hydrogen) atoms. The van der Waals surface area contributed by atoms with Crippen LogP contribution in [0.5, 0.6) is 5.75 Å². The zero-order valence-corrected chi connectivity index (χ0v) is 15.0. The molecule has 0 amide bonds. The lowest BCUT2D eigenvalue weighted by atomic mass is 10.2. The summed E-state index contributed by atoms with van der Waals surface area (Å²) in [7, 11) is 0. The Morgan fingerprint density at radius 3 is 1.36 bits per heavy atom. The first-order chi connectivity index (χ1) is 11.4.